The van der Waals surface area contributed by atoms with Crippen LogP contribution in [0.15, 0.2) is 48.5 Å². The fourth-order valence-electron chi connectivity index (χ4n) is 2.06. The molecule has 0 amide bonds. The number of carbonyl (C=O) groups is 2. The molecule has 0 atom stereocenters. The highest BCUT2D eigenvalue weighted by atomic mass is 16.5. The second-order valence-electron chi connectivity index (χ2n) is 4.32. The fraction of sp³-hybridized carbons (Fsp3) is 0.0667. The lowest BCUT2D eigenvalue weighted by molar-refractivity contribution is -0.718. The summed E-state index contributed by atoms with van der Waals surface area (Å²) in [7, 11) is 0. The maximum Gasteiger partial charge on any atom is 0.335 e. The maximum absolute atomic E-state index is 12.5. The van der Waals surface area contributed by atoms with Crippen molar-refractivity contribution in [3.63, 3.8) is 0 Å². The smallest absolute Gasteiger partial charge is 0.335 e. The summed E-state index contributed by atoms with van der Waals surface area (Å²) in [5, 5.41) is 43.1. The van der Waals surface area contributed by atoms with Crippen LogP contribution in [0.4, 0.5) is 0 Å². The van der Waals surface area contributed by atoms with Gasteiger partial charge in [0, 0.05) is 0 Å². The van der Waals surface area contributed by atoms with Crippen LogP contribution in [0.1, 0.15) is 31.8 Å². The van der Waals surface area contributed by atoms with Crippen molar-refractivity contribution in [1.29, 1.82) is 0 Å². The maximum atomic E-state index is 12.5. The summed E-state index contributed by atoms with van der Waals surface area (Å²) in [5.41, 5.74) is -1.93. The van der Waals surface area contributed by atoms with E-state index in [0.717, 1.165) is 24.3 Å². The first-order valence-electron chi connectivity index (χ1n) is 5.92. The molecular formula is C15H10O6-2. The van der Waals surface area contributed by atoms with Gasteiger partial charge in [-0.05, 0) is 12.1 Å². The molecule has 2 N–H and O–H groups in total. The van der Waals surface area contributed by atoms with Crippen LogP contribution in [0, 0.1) is 0 Å². The zero-order chi connectivity index (χ0) is 15.6. The average molecular weight is 286 g/mol. The molecule has 21 heavy (non-hydrogen) atoms. The molecule has 2 aromatic carbocycles. The van der Waals surface area contributed by atoms with Crippen molar-refractivity contribution in [2.24, 2.45) is 0 Å². The van der Waals surface area contributed by atoms with E-state index in [2.05, 4.69) is 0 Å². The molecule has 0 unspecified atom stereocenters. The Morgan fingerprint density at radius 2 is 1.10 bits per heavy atom. The Labute approximate surface area is 119 Å². The van der Waals surface area contributed by atoms with E-state index in [1.165, 1.54) is 24.3 Å². The van der Waals surface area contributed by atoms with Crippen molar-refractivity contribution in [3.05, 3.63) is 70.8 Å². The van der Waals surface area contributed by atoms with Gasteiger partial charge in [0.2, 0.25) is 0 Å². The Morgan fingerprint density at radius 3 is 1.43 bits per heavy atom. The summed E-state index contributed by atoms with van der Waals surface area (Å²) < 4.78 is 0. The highest BCUT2D eigenvalue weighted by Gasteiger charge is 2.20. The summed E-state index contributed by atoms with van der Waals surface area (Å²) in [6, 6.07) is 9.94. The molecule has 0 aliphatic heterocycles. The van der Waals surface area contributed by atoms with Crippen LogP contribution in [0.25, 0.3) is 0 Å². The molecule has 2 aromatic rings. The summed E-state index contributed by atoms with van der Waals surface area (Å²) in [5.74, 6) is -6.08. The summed E-state index contributed by atoms with van der Waals surface area (Å²) >= 11 is 0. The van der Waals surface area contributed by atoms with Crippen LogP contribution < -0.4 is 10.2 Å². The van der Waals surface area contributed by atoms with Crippen molar-refractivity contribution < 1.29 is 30.0 Å². The van der Waals surface area contributed by atoms with Gasteiger partial charge in [0.05, 0.1) is 11.1 Å². The Bertz CT molecular complexity index is 645. The normalized spacial score (nSPS) is 11.1. The van der Waals surface area contributed by atoms with Gasteiger partial charge in [0.25, 0.3) is 0 Å². The highest BCUT2D eigenvalue weighted by molar-refractivity contribution is 5.91. The van der Waals surface area contributed by atoms with Crippen LogP contribution in [-0.4, -0.2) is 22.2 Å². The number of aromatic carboxylic acids is 2. The van der Waals surface area contributed by atoms with Crippen LogP contribution in [0.3, 0.4) is 0 Å². The Morgan fingerprint density at radius 1 is 0.762 bits per heavy atom. The van der Waals surface area contributed by atoms with Crippen LogP contribution >= 0.6 is 0 Å². The predicted octanol–water partition coefficient (Wildman–Crippen LogP) is 0.00470. The second kappa shape index (κ2) is 5.35. The summed E-state index contributed by atoms with van der Waals surface area (Å²) in [6.45, 7) is 0. The minimum absolute atomic E-state index is 0.442. The SMILES string of the molecule is O=C(O)c1ccccc1C([O-])([O-])c1ccccc1C(=O)O. The van der Waals surface area contributed by atoms with E-state index in [1.54, 1.807) is 0 Å². The van der Waals surface area contributed by atoms with Gasteiger partial charge in [0.1, 0.15) is 0 Å². The molecule has 0 saturated heterocycles. The summed E-state index contributed by atoms with van der Waals surface area (Å²) in [4.78, 5) is 22.2. The number of rotatable bonds is 4. The molecule has 6 nitrogen and oxygen atoms in total. The van der Waals surface area contributed by atoms with Crippen molar-refractivity contribution in [2.45, 2.75) is 5.79 Å². The van der Waals surface area contributed by atoms with E-state index < -0.39 is 40.0 Å². The van der Waals surface area contributed by atoms with Crippen LogP contribution in [-0.2, 0) is 5.79 Å². The zero-order valence-corrected chi connectivity index (χ0v) is 10.6. The Kier molecular flexibility index (Phi) is 3.75. The quantitative estimate of drug-likeness (QED) is 0.763. The number of hydrogen-bond donors (Lipinski definition) is 2. The molecule has 0 aliphatic rings. The number of carboxylic acid groups (broad SMARTS) is 2. The minimum atomic E-state index is -3.23. The molecular weight excluding hydrogens is 276 g/mol. The van der Waals surface area contributed by atoms with Crippen LogP contribution in [0.2, 0.25) is 0 Å². The largest absolute Gasteiger partial charge is 0.856 e. The molecule has 6 heteroatoms. The molecule has 0 saturated carbocycles. The van der Waals surface area contributed by atoms with Gasteiger partial charge in [-0.15, -0.1) is 0 Å². The standard InChI is InChI=1S/C15H10O6/c16-13(17)9-5-1-3-7-11(9)15(20,21)12-8-4-2-6-10(12)14(18)19/h1-8H,(H,16,17)(H,18,19)/q-2. The summed E-state index contributed by atoms with van der Waals surface area (Å²) in [6.07, 6.45) is 0. The number of carboxylic acids is 2. The molecule has 0 spiro atoms. The number of benzene rings is 2. The second-order valence-corrected chi connectivity index (χ2v) is 4.32. The fourth-order valence-corrected chi connectivity index (χ4v) is 2.06. The lowest BCUT2D eigenvalue weighted by Crippen LogP contribution is -2.55. The van der Waals surface area contributed by atoms with Crippen LogP contribution in [0.5, 0.6) is 0 Å². The third kappa shape index (κ3) is 2.62. The molecule has 0 aromatic heterocycles. The topological polar surface area (TPSA) is 121 Å². The third-order valence-corrected chi connectivity index (χ3v) is 3.02. The van der Waals surface area contributed by atoms with Crippen molar-refractivity contribution in [3.8, 4) is 0 Å². The van der Waals surface area contributed by atoms with Gasteiger partial charge in [-0.1, -0.05) is 47.5 Å². The van der Waals surface area contributed by atoms with E-state index in [-0.39, 0.29) is 0 Å². The number of hydrogen-bond acceptors (Lipinski definition) is 4. The Hall–Kier alpha value is -2.70. The molecule has 0 fully saturated rings. The first-order valence-corrected chi connectivity index (χ1v) is 5.92. The van der Waals surface area contributed by atoms with Crippen molar-refractivity contribution in [1.82, 2.24) is 0 Å². The van der Waals surface area contributed by atoms with Gasteiger partial charge in [-0.2, -0.15) is 5.79 Å². The van der Waals surface area contributed by atoms with Crippen molar-refractivity contribution in [2.75, 3.05) is 0 Å². The lowest BCUT2D eigenvalue weighted by atomic mass is 9.90. The molecule has 2 rings (SSSR count). The first kappa shape index (κ1) is 14.7. The average Bonchev–Trinajstić information content (AvgIpc) is 2.47. The van der Waals surface area contributed by atoms with Gasteiger partial charge < -0.3 is 20.4 Å². The van der Waals surface area contributed by atoms with E-state index in [0.29, 0.717) is 0 Å². The predicted molar refractivity (Wildman–Crippen MR) is 67.6 cm³/mol. The van der Waals surface area contributed by atoms with E-state index in [4.69, 9.17) is 10.2 Å². The molecule has 0 aliphatic carbocycles. The zero-order valence-electron chi connectivity index (χ0n) is 10.6. The molecule has 0 radical (unpaired) electrons. The molecule has 0 heterocycles. The minimum Gasteiger partial charge on any atom is -0.856 e. The highest BCUT2D eigenvalue weighted by Crippen LogP contribution is 2.27. The Balaban J connectivity index is 2.69. The van der Waals surface area contributed by atoms with Gasteiger partial charge in [-0.25, -0.2) is 9.59 Å². The van der Waals surface area contributed by atoms with E-state index in [9.17, 15) is 19.8 Å². The van der Waals surface area contributed by atoms with Gasteiger partial charge >= 0.3 is 11.9 Å². The first-order chi connectivity index (χ1) is 9.85. The van der Waals surface area contributed by atoms with Crippen molar-refractivity contribution >= 4 is 11.9 Å². The third-order valence-electron chi connectivity index (χ3n) is 3.02. The monoisotopic (exact) mass is 286 g/mol. The molecule has 0 bridgehead atoms. The van der Waals surface area contributed by atoms with E-state index >= 15 is 0 Å². The lowest BCUT2D eigenvalue weighted by Gasteiger charge is -2.50. The van der Waals surface area contributed by atoms with Gasteiger partial charge in [0.15, 0.2) is 0 Å². The van der Waals surface area contributed by atoms with Gasteiger partial charge in [-0.3, -0.25) is 0 Å². The van der Waals surface area contributed by atoms with E-state index in [1.807, 2.05) is 0 Å². The molecule has 108 valence electrons.